The SMILES string of the molecule is CCCCCCC1CC(CCCCC)CN1. The summed E-state index contributed by atoms with van der Waals surface area (Å²) in [5.41, 5.74) is 0. The molecule has 1 nitrogen and oxygen atoms in total. The van der Waals surface area contributed by atoms with Crippen molar-refractivity contribution >= 4 is 0 Å². The molecular weight excluding hydrogens is 194 g/mol. The lowest BCUT2D eigenvalue weighted by Crippen LogP contribution is -2.20. The summed E-state index contributed by atoms with van der Waals surface area (Å²) < 4.78 is 0. The Kier molecular flexibility index (Phi) is 7.92. The van der Waals surface area contributed by atoms with Crippen LogP contribution in [-0.2, 0) is 0 Å². The van der Waals surface area contributed by atoms with Gasteiger partial charge in [-0.2, -0.15) is 0 Å². The standard InChI is InChI=1S/C15H31N/c1-3-5-7-9-11-15-12-14(13-16-15)10-8-6-4-2/h14-16H,3-13H2,1-2H3. The zero-order valence-electron chi connectivity index (χ0n) is 11.4. The van der Waals surface area contributed by atoms with Gasteiger partial charge in [-0.1, -0.05) is 58.8 Å². The van der Waals surface area contributed by atoms with E-state index in [0.717, 1.165) is 12.0 Å². The highest BCUT2D eigenvalue weighted by molar-refractivity contribution is 4.81. The maximum atomic E-state index is 3.71. The summed E-state index contributed by atoms with van der Waals surface area (Å²) >= 11 is 0. The topological polar surface area (TPSA) is 12.0 Å². The number of hydrogen-bond donors (Lipinski definition) is 1. The molecule has 1 aliphatic rings. The Bertz CT molecular complexity index is 156. The first kappa shape index (κ1) is 14.0. The number of rotatable bonds is 9. The molecule has 0 aromatic rings. The fourth-order valence-electron chi connectivity index (χ4n) is 2.84. The molecule has 1 fully saturated rings. The van der Waals surface area contributed by atoms with E-state index >= 15 is 0 Å². The molecule has 2 unspecified atom stereocenters. The summed E-state index contributed by atoms with van der Waals surface area (Å²) in [6.45, 7) is 5.88. The summed E-state index contributed by atoms with van der Waals surface area (Å²) in [4.78, 5) is 0. The Morgan fingerprint density at radius 1 is 0.875 bits per heavy atom. The second-order valence-corrected chi connectivity index (χ2v) is 5.55. The van der Waals surface area contributed by atoms with Gasteiger partial charge in [-0.3, -0.25) is 0 Å². The van der Waals surface area contributed by atoms with Gasteiger partial charge in [-0.25, -0.2) is 0 Å². The van der Waals surface area contributed by atoms with Gasteiger partial charge in [0.15, 0.2) is 0 Å². The van der Waals surface area contributed by atoms with Crippen molar-refractivity contribution in [1.82, 2.24) is 5.32 Å². The molecule has 1 rings (SSSR count). The average molecular weight is 225 g/mol. The number of unbranched alkanes of at least 4 members (excludes halogenated alkanes) is 5. The third kappa shape index (κ3) is 5.89. The van der Waals surface area contributed by atoms with Crippen LogP contribution < -0.4 is 5.32 Å². The predicted octanol–water partition coefficient (Wildman–Crippen LogP) is 4.52. The van der Waals surface area contributed by atoms with Crippen LogP contribution in [0.1, 0.15) is 78.1 Å². The molecule has 0 amide bonds. The summed E-state index contributed by atoms with van der Waals surface area (Å²) in [6.07, 6.45) is 14.2. The van der Waals surface area contributed by atoms with Crippen LogP contribution in [0.4, 0.5) is 0 Å². The van der Waals surface area contributed by atoms with E-state index in [1.165, 1.54) is 70.8 Å². The van der Waals surface area contributed by atoms with Crippen LogP contribution in [0, 0.1) is 5.92 Å². The predicted molar refractivity (Wildman–Crippen MR) is 72.8 cm³/mol. The molecule has 1 heterocycles. The number of hydrogen-bond acceptors (Lipinski definition) is 1. The monoisotopic (exact) mass is 225 g/mol. The van der Waals surface area contributed by atoms with E-state index in [9.17, 15) is 0 Å². The van der Waals surface area contributed by atoms with E-state index < -0.39 is 0 Å². The van der Waals surface area contributed by atoms with Crippen LogP contribution in [0.5, 0.6) is 0 Å². The normalized spacial score (nSPS) is 25.1. The molecule has 0 saturated carbocycles. The van der Waals surface area contributed by atoms with Crippen LogP contribution in [0.15, 0.2) is 0 Å². The number of nitrogens with one attached hydrogen (secondary N) is 1. The molecule has 1 aliphatic heterocycles. The minimum Gasteiger partial charge on any atom is -0.314 e. The molecular formula is C15H31N. The lowest BCUT2D eigenvalue weighted by molar-refractivity contribution is 0.465. The lowest BCUT2D eigenvalue weighted by Gasteiger charge is -2.10. The highest BCUT2D eigenvalue weighted by Gasteiger charge is 2.22. The minimum atomic E-state index is 0.850. The molecule has 1 saturated heterocycles. The first-order chi connectivity index (χ1) is 7.86. The molecule has 1 N–H and O–H groups in total. The van der Waals surface area contributed by atoms with Gasteiger partial charge in [0.25, 0.3) is 0 Å². The van der Waals surface area contributed by atoms with Crippen LogP contribution in [0.3, 0.4) is 0 Å². The fraction of sp³-hybridized carbons (Fsp3) is 1.00. The zero-order chi connectivity index (χ0) is 11.6. The van der Waals surface area contributed by atoms with Crippen molar-refractivity contribution in [2.45, 2.75) is 84.1 Å². The highest BCUT2D eigenvalue weighted by Crippen LogP contribution is 2.23. The van der Waals surface area contributed by atoms with Gasteiger partial charge in [0.05, 0.1) is 0 Å². The van der Waals surface area contributed by atoms with Gasteiger partial charge in [0.2, 0.25) is 0 Å². The van der Waals surface area contributed by atoms with Crippen LogP contribution >= 0.6 is 0 Å². The van der Waals surface area contributed by atoms with E-state index in [-0.39, 0.29) is 0 Å². The Morgan fingerprint density at radius 2 is 1.56 bits per heavy atom. The van der Waals surface area contributed by atoms with E-state index in [2.05, 4.69) is 19.2 Å². The molecule has 96 valence electrons. The Balaban J connectivity index is 1.97. The summed E-state index contributed by atoms with van der Waals surface area (Å²) in [7, 11) is 0. The maximum Gasteiger partial charge on any atom is 0.00702 e. The third-order valence-corrected chi connectivity index (χ3v) is 3.94. The Labute approximate surface area is 102 Å². The highest BCUT2D eigenvalue weighted by atomic mass is 14.9. The van der Waals surface area contributed by atoms with Gasteiger partial charge in [-0.05, 0) is 31.7 Å². The molecule has 0 spiro atoms. The van der Waals surface area contributed by atoms with Crippen molar-refractivity contribution in [2.75, 3.05) is 6.54 Å². The van der Waals surface area contributed by atoms with Gasteiger partial charge in [-0.15, -0.1) is 0 Å². The largest absolute Gasteiger partial charge is 0.314 e. The van der Waals surface area contributed by atoms with Crippen LogP contribution in [-0.4, -0.2) is 12.6 Å². The quantitative estimate of drug-likeness (QED) is 0.569. The van der Waals surface area contributed by atoms with E-state index in [0.29, 0.717) is 0 Å². The van der Waals surface area contributed by atoms with E-state index in [4.69, 9.17) is 0 Å². The third-order valence-electron chi connectivity index (χ3n) is 3.94. The molecule has 1 heteroatoms. The zero-order valence-corrected chi connectivity index (χ0v) is 11.4. The molecule has 0 radical (unpaired) electrons. The average Bonchev–Trinajstić information content (AvgIpc) is 2.73. The second-order valence-electron chi connectivity index (χ2n) is 5.55. The molecule has 0 aromatic heterocycles. The van der Waals surface area contributed by atoms with E-state index in [1.807, 2.05) is 0 Å². The second kappa shape index (κ2) is 9.04. The molecule has 16 heavy (non-hydrogen) atoms. The van der Waals surface area contributed by atoms with Crippen molar-refractivity contribution < 1.29 is 0 Å². The molecule has 0 bridgehead atoms. The van der Waals surface area contributed by atoms with Gasteiger partial charge < -0.3 is 5.32 Å². The van der Waals surface area contributed by atoms with Crippen molar-refractivity contribution in [3.63, 3.8) is 0 Å². The summed E-state index contributed by atoms with van der Waals surface area (Å²) in [5, 5.41) is 3.71. The van der Waals surface area contributed by atoms with Crippen molar-refractivity contribution in [3.05, 3.63) is 0 Å². The van der Waals surface area contributed by atoms with Crippen LogP contribution in [0.2, 0.25) is 0 Å². The van der Waals surface area contributed by atoms with Crippen molar-refractivity contribution in [1.29, 1.82) is 0 Å². The first-order valence-electron chi connectivity index (χ1n) is 7.60. The van der Waals surface area contributed by atoms with Crippen LogP contribution in [0.25, 0.3) is 0 Å². The fourth-order valence-corrected chi connectivity index (χ4v) is 2.84. The van der Waals surface area contributed by atoms with Gasteiger partial charge >= 0.3 is 0 Å². The molecule has 0 aliphatic carbocycles. The van der Waals surface area contributed by atoms with Gasteiger partial charge in [0, 0.05) is 6.04 Å². The van der Waals surface area contributed by atoms with Crippen molar-refractivity contribution in [2.24, 2.45) is 5.92 Å². The maximum absolute atomic E-state index is 3.71. The summed E-state index contributed by atoms with van der Waals surface area (Å²) in [5.74, 6) is 0.989. The molecule has 0 aromatic carbocycles. The van der Waals surface area contributed by atoms with Crippen molar-refractivity contribution in [3.8, 4) is 0 Å². The minimum absolute atomic E-state index is 0.850. The first-order valence-corrected chi connectivity index (χ1v) is 7.60. The van der Waals surface area contributed by atoms with Gasteiger partial charge in [0.1, 0.15) is 0 Å². The Hall–Kier alpha value is -0.0400. The smallest absolute Gasteiger partial charge is 0.00702 e. The Morgan fingerprint density at radius 3 is 2.31 bits per heavy atom. The lowest BCUT2D eigenvalue weighted by atomic mass is 9.96. The summed E-state index contributed by atoms with van der Waals surface area (Å²) in [6, 6.07) is 0.850. The molecule has 2 atom stereocenters. The van der Waals surface area contributed by atoms with E-state index in [1.54, 1.807) is 0 Å².